The fourth-order valence-electron chi connectivity index (χ4n) is 9.87. The second-order valence-electron chi connectivity index (χ2n) is 26.1. The molecule has 2 fully saturated rings. The number of pyridine rings is 1. The molecule has 3 aromatic heterocycles. The smallest absolute Gasteiger partial charge is 0.207 e. The van der Waals surface area contributed by atoms with Crippen molar-refractivity contribution in [1.29, 1.82) is 0 Å². The molecule has 2 atom stereocenters. The number of halogens is 1. The number of aryl methyl sites for hydroxylation is 1. The van der Waals surface area contributed by atoms with Gasteiger partial charge in [0.05, 0.1) is 22.3 Å². The van der Waals surface area contributed by atoms with Gasteiger partial charge in [0.1, 0.15) is 5.82 Å². The minimum atomic E-state index is -0.207. The number of amides is 1. The fraction of sp³-hybridized carbons (Fsp3) is 0.547. The molecule has 1 saturated heterocycles. The molecule has 0 bridgehead atoms. The number of rotatable bonds is 25. The molecule has 4 heterocycles. The topological polar surface area (TPSA) is 209 Å². The quantitative estimate of drug-likeness (QED) is 0.0190. The Kier molecular flexibility index (Phi) is 77.1. The third-order valence-electron chi connectivity index (χ3n) is 16.0. The number of methoxy groups -OCH3 is 1. The highest BCUT2D eigenvalue weighted by Crippen LogP contribution is 2.33. The van der Waals surface area contributed by atoms with E-state index in [-0.39, 0.29) is 13.2 Å². The predicted octanol–water partition coefficient (Wildman–Crippen LogP) is 15.7. The van der Waals surface area contributed by atoms with Crippen molar-refractivity contribution in [3.8, 4) is 0 Å². The molecule has 109 heavy (non-hydrogen) atoms. The molecule has 2 unspecified atom stereocenters. The summed E-state index contributed by atoms with van der Waals surface area (Å²) in [6.45, 7) is 21.6. The molecule has 8 aromatic rings. The first-order chi connectivity index (χ1) is 52.2. The summed E-state index contributed by atoms with van der Waals surface area (Å²) in [5, 5.41) is 39.2. The molecule has 1 aliphatic carbocycles. The van der Waals surface area contributed by atoms with E-state index in [4.69, 9.17) is 4.74 Å². The number of thiazole rings is 1. The van der Waals surface area contributed by atoms with Crippen LogP contribution in [0.1, 0.15) is 97.1 Å². The van der Waals surface area contributed by atoms with Crippen molar-refractivity contribution >= 4 is 83.5 Å². The van der Waals surface area contributed by atoms with Crippen molar-refractivity contribution in [2.24, 2.45) is 11.8 Å². The monoisotopic (exact) mass is 1560 g/mol. The number of hydrogen-bond donors (Lipinski definition) is 12. The zero-order valence-electron chi connectivity index (χ0n) is 71.2. The molecule has 20 nitrogen and oxygen atoms in total. The number of anilines is 6. The van der Waals surface area contributed by atoms with E-state index in [1.165, 1.54) is 146 Å². The van der Waals surface area contributed by atoms with E-state index in [2.05, 4.69) is 195 Å². The minimum absolute atomic E-state index is 0. The Morgan fingerprint density at radius 2 is 1.15 bits per heavy atom. The van der Waals surface area contributed by atoms with Crippen LogP contribution in [-0.2, 0) is 16.1 Å². The number of nitrogens with zero attached hydrogens (tertiary/aromatic N) is 6. The van der Waals surface area contributed by atoms with Crippen molar-refractivity contribution in [3.63, 3.8) is 0 Å². The molecule has 1 amide bonds. The number of carbonyl (C=O) groups excluding carboxylic acids is 1. The highest BCUT2D eigenvalue weighted by Gasteiger charge is 2.22. The van der Waals surface area contributed by atoms with Crippen molar-refractivity contribution in [2.75, 3.05) is 238 Å². The van der Waals surface area contributed by atoms with E-state index in [9.17, 15) is 9.18 Å². The molecule has 620 valence electrons. The first-order valence-corrected chi connectivity index (χ1v) is 40.1. The van der Waals surface area contributed by atoms with Gasteiger partial charge >= 0.3 is 0 Å². The number of likely N-dealkylation sites (tertiary alicyclic amines) is 1. The number of aromatic nitrogens is 2. The molecule has 1 saturated carbocycles. The van der Waals surface area contributed by atoms with Crippen LogP contribution < -0.4 is 68.7 Å². The molecule has 10 rings (SSSR count). The van der Waals surface area contributed by atoms with Gasteiger partial charge in [-0.1, -0.05) is 90.3 Å². The first-order valence-electron chi connectivity index (χ1n) is 38.4. The maximum atomic E-state index is 12.3. The molecule has 12 N–H and O–H groups in total. The van der Waals surface area contributed by atoms with Crippen molar-refractivity contribution in [3.05, 3.63) is 168 Å². The van der Waals surface area contributed by atoms with Crippen LogP contribution in [0.3, 0.4) is 0 Å². The highest BCUT2D eigenvalue weighted by molar-refractivity contribution is 7.17. The number of hydrogen-bond acceptors (Lipinski definition) is 21. The summed E-state index contributed by atoms with van der Waals surface area (Å²) < 4.78 is 19.7. The first kappa shape index (κ1) is 108. The molecule has 2 aliphatic rings. The van der Waals surface area contributed by atoms with Gasteiger partial charge in [0.25, 0.3) is 0 Å². The van der Waals surface area contributed by atoms with Gasteiger partial charge in [-0.2, -0.15) is 0 Å². The lowest BCUT2D eigenvalue weighted by Gasteiger charge is -2.25. The van der Waals surface area contributed by atoms with E-state index in [0.717, 1.165) is 73.7 Å². The van der Waals surface area contributed by atoms with Gasteiger partial charge < -0.3 is 88.1 Å². The number of nitrogens with one attached hydrogen (secondary N) is 12. The maximum absolute atomic E-state index is 12.3. The van der Waals surface area contributed by atoms with Crippen molar-refractivity contribution in [1.82, 2.24) is 61.9 Å². The number of piperidine rings is 1. The SMILES string of the molecule is C.CCCN(C)C.CCCNC.CNC.CNCCC1CCCC1C.CNCCN1CCCCC1.CNCCNC=O.CNCc1cccnc1.CNc1ccc2ccsc2c1.CNc1ccc2ncsc2c1.CNc1cccc(C)c1.CNc1cccc(F)c1.CNc1cccc(N(C)C)c1.COCCN(C)C. The Balaban J connectivity index is -0.000000553. The van der Waals surface area contributed by atoms with E-state index in [0.29, 0.717) is 13.0 Å². The summed E-state index contributed by atoms with van der Waals surface area (Å²) in [7, 11) is 37.0. The summed E-state index contributed by atoms with van der Waals surface area (Å²) in [6, 6.07) is 41.6. The zero-order valence-corrected chi connectivity index (χ0v) is 72.8. The lowest BCUT2D eigenvalue weighted by molar-refractivity contribution is -0.109. The summed E-state index contributed by atoms with van der Waals surface area (Å²) in [6.07, 6.45) is 16.9. The highest BCUT2D eigenvalue weighted by atomic mass is 32.1. The van der Waals surface area contributed by atoms with Crippen molar-refractivity contribution in [2.45, 2.75) is 99.5 Å². The summed E-state index contributed by atoms with van der Waals surface area (Å²) in [4.78, 5) is 26.6. The molecule has 0 radical (unpaired) electrons. The lowest BCUT2D eigenvalue weighted by atomic mass is 9.95. The van der Waals surface area contributed by atoms with E-state index in [1.54, 1.807) is 49.1 Å². The maximum Gasteiger partial charge on any atom is 0.207 e. The minimum Gasteiger partial charge on any atom is -0.388 e. The third kappa shape index (κ3) is 63.3. The van der Waals surface area contributed by atoms with Gasteiger partial charge in [-0.25, -0.2) is 9.37 Å². The Labute approximate surface area is 671 Å². The Hall–Kier alpha value is -7.10. The summed E-state index contributed by atoms with van der Waals surface area (Å²) >= 11 is 3.44. The molecule has 0 spiro atoms. The largest absolute Gasteiger partial charge is 0.388 e. The van der Waals surface area contributed by atoms with Crippen LogP contribution in [0.2, 0.25) is 0 Å². The Morgan fingerprint density at radius 3 is 1.60 bits per heavy atom. The lowest BCUT2D eigenvalue weighted by Crippen LogP contribution is -2.34. The van der Waals surface area contributed by atoms with Gasteiger partial charge in [0, 0.05) is 147 Å². The Bertz CT molecular complexity index is 3090. The number of thiophene rings is 1. The molecular weight excluding hydrogens is 1400 g/mol. The van der Waals surface area contributed by atoms with E-state index < -0.39 is 0 Å². The van der Waals surface area contributed by atoms with Gasteiger partial charge in [0.15, 0.2) is 0 Å². The van der Waals surface area contributed by atoms with E-state index in [1.807, 2.05) is 172 Å². The molecular formula is C86H155FN18O2S2. The summed E-state index contributed by atoms with van der Waals surface area (Å²) in [5.41, 5.74) is 12.1. The van der Waals surface area contributed by atoms with E-state index >= 15 is 0 Å². The van der Waals surface area contributed by atoms with Gasteiger partial charge in [-0.3, -0.25) is 9.78 Å². The average Bonchev–Trinajstić information content (AvgIpc) is 1.73. The summed E-state index contributed by atoms with van der Waals surface area (Å²) in [5.74, 6) is 1.81. The standard InChI is InChI=1S/C9H14N2.C9H9NS.C9H19N.C8H8N2S.C8H18N2.C8H11N.C7H8FN.C7H10N2.C5H13NO.C5H13N.C4H10N2O.C4H11N.C2H7N.CH4/c1-10-8-5-4-6-9(7-8)11(2)3;1-10-8-3-2-7-4-5-11-9(7)6-8;1-8-4-3-5-9(8)6-7-10-2;1-9-6-2-3-7-8(4-6)11-5-10-7;1-9-5-8-10-6-3-2-4-7-10;1-7-4-3-5-8(6-7)9-2;1-9-7-4-2-3-6(8)5-7;1-8-5-7-3-2-4-9-6-7;1-6(2)4-5-7-3;1-4-5-6(2)3;1-5-2-3-6-4-7;1-3-4-5-2;1-3-2;/h4-7,10H,1-3H3;2-6,10H,1H3;8-10H,3-7H2,1-2H3;2-5,9H,1H3;9H,2-8H2,1H3;3-6,9H,1-2H3;2-5,9H,1H3;2-4,6,8H,5H2,1H3;4-5H2,1-3H3;4-5H2,1-3H3;4-5H,2-3H2,1H3,(H,6,7);5H,3-4H2,1-2H3;3H,1-2H3;1H4. The predicted molar refractivity (Wildman–Crippen MR) is 487 cm³/mol. The van der Waals surface area contributed by atoms with Gasteiger partial charge in [0.2, 0.25) is 6.41 Å². The van der Waals surface area contributed by atoms with Crippen LogP contribution in [0.25, 0.3) is 20.3 Å². The van der Waals surface area contributed by atoms with Crippen LogP contribution in [0.4, 0.5) is 38.5 Å². The van der Waals surface area contributed by atoms with Crippen LogP contribution in [-0.4, -0.2) is 237 Å². The molecule has 1 aliphatic heterocycles. The van der Waals surface area contributed by atoms with Crippen LogP contribution in [0.5, 0.6) is 0 Å². The second kappa shape index (κ2) is 77.6. The molecule has 23 heteroatoms. The third-order valence-corrected chi connectivity index (χ3v) is 17.7. The number of likely N-dealkylation sites (N-methyl/N-ethyl adjacent to an activating group) is 3. The van der Waals surface area contributed by atoms with Crippen LogP contribution >= 0.6 is 22.7 Å². The number of ether oxygens (including phenoxy) is 1. The van der Waals surface area contributed by atoms with Crippen molar-refractivity contribution < 1.29 is 13.9 Å². The Morgan fingerprint density at radius 1 is 0.578 bits per heavy atom. The van der Waals surface area contributed by atoms with Crippen LogP contribution in [0, 0.1) is 24.6 Å². The fourth-order valence-corrected chi connectivity index (χ4v) is 11.4. The van der Waals surface area contributed by atoms with Gasteiger partial charge in [-0.15, -0.1) is 22.7 Å². The number of benzene rings is 5. The molecule has 5 aromatic carbocycles. The normalized spacial score (nSPS) is 12.6. The zero-order chi connectivity index (χ0) is 81.2. The number of fused-ring (bicyclic) bond motifs is 2. The average molecular weight is 1560 g/mol. The van der Waals surface area contributed by atoms with Crippen LogP contribution in [0.15, 0.2) is 151 Å². The number of carbonyl (C=O) groups is 1. The van der Waals surface area contributed by atoms with Gasteiger partial charge in [-0.05, 0) is 274 Å². The second-order valence-corrected chi connectivity index (χ2v) is 28.0.